The van der Waals surface area contributed by atoms with Gasteiger partial charge in [0, 0.05) is 22.7 Å². The van der Waals surface area contributed by atoms with Crippen LogP contribution in [-0.2, 0) is 4.79 Å². The van der Waals surface area contributed by atoms with Gasteiger partial charge in [-0.05, 0) is 18.2 Å². The van der Waals surface area contributed by atoms with E-state index in [1.807, 2.05) is 0 Å². The molecule has 0 heterocycles. The molecule has 0 radical (unpaired) electrons. The fraction of sp³-hybridized carbons (Fsp3) is 0.0909. The molecular formula is C11H8Cl2N2O. The van der Waals surface area contributed by atoms with Gasteiger partial charge in [-0.3, -0.25) is 4.79 Å². The topological polar surface area (TPSA) is 52.9 Å². The van der Waals surface area contributed by atoms with E-state index in [0.717, 1.165) is 0 Å². The van der Waals surface area contributed by atoms with Gasteiger partial charge in [0.25, 0.3) is 5.91 Å². The standard InChI is InChI=1S/C11H8Cl2N2O/c1-15-11(16)7(6-14)5-8-9(12)3-2-4-10(8)13/h2-5H,1H3,(H,15,16)/b7-5+. The number of nitrogens with one attached hydrogen (secondary N) is 1. The molecule has 0 atom stereocenters. The van der Waals surface area contributed by atoms with Crippen LogP contribution in [0.15, 0.2) is 23.8 Å². The largest absolute Gasteiger partial charge is 0.354 e. The van der Waals surface area contributed by atoms with Crippen molar-refractivity contribution in [2.24, 2.45) is 0 Å². The van der Waals surface area contributed by atoms with Crippen LogP contribution in [-0.4, -0.2) is 13.0 Å². The maximum atomic E-state index is 11.3. The molecule has 5 heteroatoms. The van der Waals surface area contributed by atoms with Crippen LogP contribution in [0.3, 0.4) is 0 Å². The summed E-state index contributed by atoms with van der Waals surface area (Å²) in [7, 11) is 1.45. The minimum Gasteiger partial charge on any atom is -0.354 e. The Kier molecular flexibility index (Phi) is 4.36. The van der Waals surface area contributed by atoms with Crippen LogP contribution in [0.25, 0.3) is 6.08 Å². The summed E-state index contributed by atoms with van der Waals surface area (Å²) in [6.07, 6.45) is 1.36. The molecule has 0 spiro atoms. The second kappa shape index (κ2) is 5.55. The Hall–Kier alpha value is -1.50. The van der Waals surface area contributed by atoms with Crippen LogP contribution in [0.4, 0.5) is 0 Å². The van der Waals surface area contributed by atoms with Gasteiger partial charge in [0.05, 0.1) is 0 Å². The zero-order valence-electron chi connectivity index (χ0n) is 8.42. The molecule has 3 nitrogen and oxygen atoms in total. The molecule has 1 rings (SSSR count). The highest BCUT2D eigenvalue weighted by Gasteiger charge is 2.09. The number of amides is 1. The molecule has 1 aromatic rings. The van der Waals surface area contributed by atoms with E-state index in [9.17, 15) is 4.79 Å². The third kappa shape index (κ3) is 2.75. The molecule has 0 aliphatic heterocycles. The van der Waals surface area contributed by atoms with Crippen molar-refractivity contribution in [2.75, 3.05) is 7.05 Å². The van der Waals surface area contributed by atoms with Crippen molar-refractivity contribution >= 4 is 35.2 Å². The SMILES string of the molecule is CNC(=O)/C(C#N)=C/c1c(Cl)cccc1Cl. The number of nitriles is 1. The lowest BCUT2D eigenvalue weighted by Gasteiger charge is -2.02. The van der Waals surface area contributed by atoms with E-state index in [1.165, 1.54) is 13.1 Å². The first-order valence-electron chi connectivity index (χ1n) is 4.38. The number of likely N-dealkylation sites (N-methyl/N-ethyl adjacent to an activating group) is 1. The highest BCUT2D eigenvalue weighted by atomic mass is 35.5. The Balaban J connectivity index is 3.25. The Morgan fingerprint density at radius 2 is 2.00 bits per heavy atom. The summed E-state index contributed by atoms with van der Waals surface area (Å²) < 4.78 is 0. The van der Waals surface area contributed by atoms with Crippen molar-refractivity contribution in [3.05, 3.63) is 39.4 Å². The Morgan fingerprint density at radius 1 is 1.44 bits per heavy atom. The first kappa shape index (κ1) is 12.6. The van der Waals surface area contributed by atoms with Crippen molar-refractivity contribution in [1.82, 2.24) is 5.32 Å². The van der Waals surface area contributed by atoms with Crippen LogP contribution in [0.2, 0.25) is 10.0 Å². The predicted octanol–water partition coefficient (Wildman–Crippen LogP) is 2.65. The number of nitrogens with zero attached hydrogens (tertiary/aromatic N) is 1. The summed E-state index contributed by atoms with van der Waals surface area (Å²) in [4.78, 5) is 11.3. The predicted molar refractivity (Wildman–Crippen MR) is 64.1 cm³/mol. The second-order valence-electron chi connectivity index (χ2n) is 2.88. The van der Waals surface area contributed by atoms with Gasteiger partial charge in [0.1, 0.15) is 11.6 Å². The molecule has 16 heavy (non-hydrogen) atoms. The molecule has 1 amide bonds. The van der Waals surface area contributed by atoms with Crippen molar-refractivity contribution in [1.29, 1.82) is 5.26 Å². The maximum absolute atomic E-state index is 11.3. The minimum atomic E-state index is -0.474. The molecule has 0 saturated carbocycles. The molecule has 82 valence electrons. The number of hydrogen-bond acceptors (Lipinski definition) is 2. The Labute approximate surface area is 103 Å². The number of carbonyl (C=O) groups is 1. The lowest BCUT2D eigenvalue weighted by molar-refractivity contribution is -0.116. The number of rotatable bonds is 2. The summed E-state index contributed by atoms with van der Waals surface area (Å²) in [5, 5.41) is 12.0. The van der Waals surface area contributed by atoms with Crippen molar-refractivity contribution in [2.45, 2.75) is 0 Å². The van der Waals surface area contributed by atoms with Gasteiger partial charge in [0.2, 0.25) is 0 Å². The molecule has 0 aliphatic carbocycles. The van der Waals surface area contributed by atoms with E-state index in [1.54, 1.807) is 24.3 Å². The van der Waals surface area contributed by atoms with Gasteiger partial charge in [-0.25, -0.2) is 0 Å². The first-order chi connectivity index (χ1) is 7.60. The molecule has 0 unspecified atom stereocenters. The van der Waals surface area contributed by atoms with E-state index in [0.29, 0.717) is 15.6 Å². The Morgan fingerprint density at radius 3 is 2.44 bits per heavy atom. The fourth-order valence-corrected chi connectivity index (χ4v) is 1.58. The van der Waals surface area contributed by atoms with Crippen LogP contribution < -0.4 is 5.32 Å². The summed E-state index contributed by atoms with van der Waals surface area (Å²) >= 11 is 11.8. The number of halogens is 2. The molecule has 0 bridgehead atoms. The van der Waals surface area contributed by atoms with Crippen LogP contribution in [0, 0.1) is 11.3 Å². The normalized spacial score (nSPS) is 10.8. The van der Waals surface area contributed by atoms with Gasteiger partial charge in [-0.2, -0.15) is 5.26 Å². The third-order valence-electron chi connectivity index (χ3n) is 1.88. The van der Waals surface area contributed by atoms with E-state index in [2.05, 4.69) is 5.32 Å². The van der Waals surface area contributed by atoms with E-state index in [-0.39, 0.29) is 5.57 Å². The molecular weight excluding hydrogens is 247 g/mol. The van der Waals surface area contributed by atoms with E-state index in [4.69, 9.17) is 28.5 Å². The highest BCUT2D eigenvalue weighted by molar-refractivity contribution is 6.37. The number of carbonyl (C=O) groups excluding carboxylic acids is 1. The van der Waals surface area contributed by atoms with Gasteiger partial charge in [-0.1, -0.05) is 29.3 Å². The second-order valence-corrected chi connectivity index (χ2v) is 3.70. The van der Waals surface area contributed by atoms with Gasteiger partial charge in [0.15, 0.2) is 0 Å². The summed E-state index contributed by atoms with van der Waals surface area (Å²) in [6, 6.07) is 6.75. The van der Waals surface area contributed by atoms with Crippen molar-refractivity contribution in [3.63, 3.8) is 0 Å². The monoisotopic (exact) mass is 254 g/mol. The fourth-order valence-electron chi connectivity index (χ4n) is 1.08. The summed E-state index contributed by atoms with van der Waals surface area (Å²) in [6.45, 7) is 0. The van der Waals surface area contributed by atoms with Crippen LogP contribution in [0.1, 0.15) is 5.56 Å². The smallest absolute Gasteiger partial charge is 0.261 e. The van der Waals surface area contributed by atoms with Gasteiger partial charge < -0.3 is 5.32 Å². The van der Waals surface area contributed by atoms with Gasteiger partial charge >= 0.3 is 0 Å². The molecule has 0 aromatic heterocycles. The molecule has 1 N–H and O–H groups in total. The average molecular weight is 255 g/mol. The van der Waals surface area contributed by atoms with Crippen LogP contribution >= 0.6 is 23.2 Å². The summed E-state index contributed by atoms with van der Waals surface area (Å²) in [5.74, 6) is -0.474. The third-order valence-corrected chi connectivity index (χ3v) is 2.54. The molecule has 1 aromatic carbocycles. The zero-order valence-corrected chi connectivity index (χ0v) is 9.93. The lowest BCUT2D eigenvalue weighted by atomic mass is 10.1. The Bertz CT molecular complexity index is 469. The molecule has 0 aliphatic rings. The average Bonchev–Trinajstić information content (AvgIpc) is 2.28. The first-order valence-corrected chi connectivity index (χ1v) is 5.13. The summed E-state index contributed by atoms with van der Waals surface area (Å²) in [5.41, 5.74) is 0.420. The highest BCUT2D eigenvalue weighted by Crippen LogP contribution is 2.26. The molecule has 0 fully saturated rings. The maximum Gasteiger partial charge on any atom is 0.261 e. The van der Waals surface area contributed by atoms with Crippen LogP contribution in [0.5, 0.6) is 0 Å². The van der Waals surface area contributed by atoms with Crippen molar-refractivity contribution < 1.29 is 4.79 Å². The minimum absolute atomic E-state index is 0.0440. The quantitative estimate of drug-likeness (QED) is 0.652. The van der Waals surface area contributed by atoms with E-state index < -0.39 is 5.91 Å². The molecule has 0 saturated heterocycles. The lowest BCUT2D eigenvalue weighted by Crippen LogP contribution is -2.19. The van der Waals surface area contributed by atoms with Gasteiger partial charge in [-0.15, -0.1) is 0 Å². The number of hydrogen-bond donors (Lipinski definition) is 1. The van der Waals surface area contributed by atoms with Crippen molar-refractivity contribution in [3.8, 4) is 6.07 Å². The van der Waals surface area contributed by atoms with E-state index >= 15 is 0 Å². The number of benzene rings is 1. The zero-order chi connectivity index (χ0) is 12.1.